The van der Waals surface area contributed by atoms with Crippen LogP contribution >= 0.6 is 0 Å². The van der Waals surface area contributed by atoms with Crippen LogP contribution in [0.1, 0.15) is 12.8 Å². The molecular formula is C16H18N2O3. The average molecular weight is 286 g/mol. The number of carbonyl (C=O) groups is 1. The van der Waals surface area contributed by atoms with Gasteiger partial charge in [0.25, 0.3) is 5.56 Å². The first-order chi connectivity index (χ1) is 10.2. The molecule has 110 valence electrons. The summed E-state index contributed by atoms with van der Waals surface area (Å²) in [6.45, 7) is 1.42. The number of rotatable bonds is 2. The van der Waals surface area contributed by atoms with Crippen molar-refractivity contribution in [3.05, 3.63) is 40.7 Å². The molecule has 3 rings (SSSR count). The summed E-state index contributed by atoms with van der Waals surface area (Å²) in [5, 5.41) is 1.60. The van der Waals surface area contributed by atoms with E-state index in [2.05, 4.69) is 9.88 Å². The number of aromatic nitrogens is 1. The molecule has 1 N–H and O–H groups in total. The third-order valence-corrected chi connectivity index (χ3v) is 4.04. The van der Waals surface area contributed by atoms with Gasteiger partial charge in [0, 0.05) is 18.5 Å². The molecule has 0 saturated carbocycles. The van der Waals surface area contributed by atoms with Gasteiger partial charge in [-0.15, -0.1) is 0 Å². The summed E-state index contributed by atoms with van der Waals surface area (Å²) < 4.78 is 4.83. The second-order valence-electron chi connectivity index (χ2n) is 5.38. The lowest BCUT2D eigenvalue weighted by molar-refractivity contribution is -0.145. The maximum atomic E-state index is 12.1. The molecule has 0 amide bonds. The molecule has 1 aliphatic rings. The molecule has 5 nitrogen and oxygen atoms in total. The molecule has 21 heavy (non-hydrogen) atoms. The number of methoxy groups -OCH3 is 1. The van der Waals surface area contributed by atoms with Crippen LogP contribution in [-0.4, -0.2) is 31.2 Å². The largest absolute Gasteiger partial charge is 0.469 e. The Kier molecular flexibility index (Phi) is 3.64. The SMILES string of the molecule is COC(=O)C1CCCN(c2cc3ccccc3c(=O)[nH]2)C1. The molecule has 0 bridgehead atoms. The number of ether oxygens (including phenoxy) is 1. The number of hydrogen-bond acceptors (Lipinski definition) is 4. The number of pyridine rings is 1. The Hall–Kier alpha value is -2.30. The third-order valence-electron chi connectivity index (χ3n) is 4.04. The van der Waals surface area contributed by atoms with Crippen LogP contribution in [0.25, 0.3) is 10.8 Å². The monoisotopic (exact) mass is 286 g/mol. The Morgan fingerprint density at radius 2 is 2.19 bits per heavy atom. The summed E-state index contributed by atoms with van der Waals surface area (Å²) in [4.78, 5) is 28.8. The van der Waals surface area contributed by atoms with E-state index in [0.717, 1.165) is 30.6 Å². The van der Waals surface area contributed by atoms with E-state index in [4.69, 9.17) is 4.74 Å². The van der Waals surface area contributed by atoms with Gasteiger partial charge >= 0.3 is 5.97 Å². The van der Waals surface area contributed by atoms with E-state index in [-0.39, 0.29) is 17.4 Å². The Balaban J connectivity index is 1.93. The molecule has 1 unspecified atom stereocenters. The first-order valence-electron chi connectivity index (χ1n) is 7.14. The van der Waals surface area contributed by atoms with Gasteiger partial charge in [-0.1, -0.05) is 18.2 Å². The van der Waals surface area contributed by atoms with Gasteiger partial charge in [-0.25, -0.2) is 0 Å². The van der Waals surface area contributed by atoms with Crippen LogP contribution in [0, 0.1) is 5.92 Å². The number of piperidine rings is 1. The number of esters is 1. The number of hydrogen-bond donors (Lipinski definition) is 1. The molecule has 1 aromatic heterocycles. The fourth-order valence-corrected chi connectivity index (χ4v) is 2.92. The van der Waals surface area contributed by atoms with Gasteiger partial charge in [0.1, 0.15) is 5.82 Å². The molecule has 0 spiro atoms. The van der Waals surface area contributed by atoms with Crippen molar-refractivity contribution in [2.45, 2.75) is 12.8 Å². The first kappa shape index (κ1) is 13.7. The van der Waals surface area contributed by atoms with Crippen molar-refractivity contribution >= 4 is 22.6 Å². The predicted molar refractivity (Wildman–Crippen MR) is 81.5 cm³/mol. The number of fused-ring (bicyclic) bond motifs is 1. The van der Waals surface area contributed by atoms with E-state index in [1.807, 2.05) is 30.3 Å². The van der Waals surface area contributed by atoms with Crippen molar-refractivity contribution in [2.24, 2.45) is 5.92 Å². The number of nitrogens with zero attached hydrogens (tertiary/aromatic N) is 1. The number of H-pyrrole nitrogens is 1. The van der Waals surface area contributed by atoms with Crippen LogP contribution in [0.15, 0.2) is 35.1 Å². The molecule has 1 aliphatic heterocycles. The minimum Gasteiger partial charge on any atom is -0.469 e. The van der Waals surface area contributed by atoms with Crippen molar-refractivity contribution < 1.29 is 9.53 Å². The van der Waals surface area contributed by atoms with Crippen molar-refractivity contribution in [3.63, 3.8) is 0 Å². The standard InChI is InChI=1S/C16H18N2O3/c1-21-16(20)12-6-4-8-18(10-12)14-9-11-5-2-3-7-13(11)15(19)17-14/h2-3,5,7,9,12H,4,6,8,10H2,1H3,(H,17,19). The van der Waals surface area contributed by atoms with Crippen LogP contribution in [-0.2, 0) is 9.53 Å². The summed E-state index contributed by atoms with van der Waals surface area (Å²) in [5.41, 5.74) is -0.0942. The molecule has 0 aliphatic carbocycles. The highest BCUT2D eigenvalue weighted by atomic mass is 16.5. The maximum absolute atomic E-state index is 12.1. The summed E-state index contributed by atoms with van der Waals surface area (Å²) in [6, 6.07) is 9.47. The predicted octanol–water partition coefficient (Wildman–Crippen LogP) is 1.92. The van der Waals surface area contributed by atoms with Crippen molar-refractivity contribution in [2.75, 3.05) is 25.1 Å². The molecule has 1 aromatic carbocycles. The van der Waals surface area contributed by atoms with E-state index in [1.165, 1.54) is 7.11 Å². The molecule has 1 fully saturated rings. The summed E-state index contributed by atoms with van der Waals surface area (Å²) >= 11 is 0. The number of nitrogens with one attached hydrogen (secondary N) is 1. The molecule has 2 aromatic rings. The maximum Gasteiger partial charge on any atom is 0.310 e. The molecule has 0 radical (unpaired) electrons. The van der Waals surface area contributed by atoms with Gasteiger partial charge < -0.3 is 14.6 Å². The first-order valence-corrected chi connectivity index (χ1v) is 7.14. The second kappa shape index (κ2) is 5.60. The smallest absolute Gasteiger partial charge is 0.310 e. The van der Waals surface area contributed by atoms with Crippen LogP contribution < -0.4 is 10.5 Å². The van der Waals surface area contributed by atoms with Gasteiger partial charge in [0.15, 0.2) is 0 Å². The van der Waals surface area contributed by atoms with E-state index in [9.17, 15) is 9.59 Å². The van der Waals surface area contributed by atoms with Crippen molar-refractivity contribution in [3.8, 4) is 0 Å². The van der Waals surface area contributed by atoms with Crippen LogP contribution in [0.3, 0.4) is 0 Å². The van der Waals surface area contributed by atoms with E-state index >= 15 is 0 Å². The summed E-state index contributed by atoms with van der Waals surface area (Å²) in [5.74, 6) is 0.467. The Bertz CT molecular complexity index is 723. The second-order valence-corrected chi connectivity index (χ2v) is 5.38. The zero-order valence-electron chi connectivity index (χ0n) is 12.0. The third kappa shape index (κ3) is 2.63. The number of benzene rings is 1. The lowest BCUT2D eigenvalue weighted by atomic mass is 9.98. The quantitative estimate of drug-likeness (QED) is 0.857. The Morgan fingerprint density at radius 3 is 3.00 bits per heavy atom. The van der Waals surface area contributed by atoms with E-state index in [0.29, 0.717) is 11.9 Å². The van der Waals surface area contributed by atoms with Gasteiger partial charge in [-0.2, -0.15) is 0 Å². The van der Waals surface area contributed by atoms with E-state index < -0.39 is 0 Å². The van der Waals surface area contributed by atoms with Gasteiger partial charge in [0.2, 0.25) is 0 Å². The zero-order chi connectivity index (χ0) is 14.8. The van der Waals surface area contributed by atoms with Crippen LogP contribution in [0.2, 0.25) is 0 Å². The zero-order valence-corrected chi connectivity index (χ0v) is 12.0. The highest BCUT2D eigenvalue weighted by Gasteiger charge is 2.27. The lowest BCUT2D eigenvalue weighted by Gasteiger charge is -2.32. The van der Waals surface area contributed by atoms with Gasteiger partial charge in [-0.05, 0) is 30.4 Å². The summed E-state index contributed by atoms with van der Waals surface area (Å²) in [6.07, 6.45) is 1.75. The van der Waals surface area contributed by atoms with E-state index in [1.54, 1.807) is 0 Å². The van der Waals surface area contributed by atoms with Crippen molar-refractivity contribution in [1.29, 1.82) is 0 Å². The van der Waals surface area contributed by atoms with Gasteiger partial charge in [0.05, 0.1) is 13.0 Å². The minimum absolute atomic E-state index is 0.0942. The Morgan fingerprint density at radius 1 is 1.38 bits per heavy atom. The van der Waals surface area contributed by atoms with Gasteiger partial charge in [-0.3, -0.25) is 9.59 Å². The molecule has 2 heterocycles. The number of aromatic amines is 1. The molecule has 1 atom stereocenters. The Labute approximate surface area is 122 Å². The lowest BCUT2D eigenvalue weighted by Crippen LogP contribution is -2.40. The number of anilines is 1. The average Bonchev–Trinajstić information content (AvgIpc) is 2.54. The highest BCUT2D eigenvalue weighted by molar-refractivity contribution is 5.84. The van der Waals surface area contributed by atoms with Crippen LogP contribution in [0.5, 0.6) is 0 Å². The topological polar surface area (TPSA) is 62.4 Å². The highest BCUT2D eigenvalue weighted by Crippen LogP contribution is 2.23. The van der Waals surface area contributed by atoms with Crippen molar-refractivity contribution in [1.82, 2.24) is 4.98 Å². The molecular weight excluding hydrogens is 268 g/mol. The van der Waals surface area contributed by atoms with Crippen LogP contribution in [0.4, 0.5) is 5.82 Å². The number of carbonyl (C=O) groups excluding carboxylic acids is 1. The fourth-order valence-electron chi connectivity index (χ4n) is 2.92. The fraction of sp³-hybridized carbons (Fsp3) is 0.375. The summed E-state index contributed by atoms with van der Waals surface area (Å²) in [7, 11) is 1.42. The molecule has 1 saturated heterocycles. The molecule has 5 heteroatoms. The minimum atomic E-state index is -0.178. The normalized spacial score (nSPS) is 18.7.